The number of allylic oxidation sites excluding steroid dienone is 1. The number of pyridine rings is 1. The normalized spacial score (nSPS) is 25.6. The van der Waals surface area contributed by atoms with Crippen molar-refractivity contribution in [3.63, 3.8) is 0 Å². The number of nitrogens with zero attached hydrogens (tertiary/aromatic N) is 9. The van der Waals surface area contributed by atoms with Crippen molar-refractivity contribution in [3.05, 3.63) is 124 Å². The van der Waals surface area contributed by atoms with Crippen molar-refractivity contribution in [1.29, 1.82) is 0 Å². The number of nitrogens with two attached hydrogens (primary N) is 1. The summed E-state index contributed by atoms with van der Waals surface area (Å²) in [6.45, 7) is 15.0. The van der Waals surface area contributed by atoms with Crippen molar-refractivity contribution in [2.24, 2.45) is 5.73 Å². The molecule has 0 spiro atoms. The van der Waals surface area contributed by atoms with Crippen LogP contribution in [0.4, 0.5) is 0 Å². The van der Waals surface area contributed by atoms with Crippen molar-refractivity contribution in [2.75, 3.05) is 47.1 Å². The van der Waals surface area contributed by atoms with Crippen molar-refractivity contribution < 1.29 is 91.7 Å². The largest absolute Gasteiger partial charge is 0.506 e. The van der Waals surface area contributed by atoms with E-state index in [1.165, 1.54) is 60.0 Å². The highest BCUT2D eigenvalue weighted by atomic mass is 32.1. The zero-order valence-electron chi connectivity index (χ0n) is 58.4. The van der Waals surface area contributed by atoms with Gasteiger partial charge < -0.3 is 85.6 Å². The highest BCUT2D eigenvalue weighted by Gasteiger charge is 2.61. The van der Waals surface area contributed by atoms with Crippen LogP contribution < -0.4 is 32.3 Å². The van der Waals surface area contributed by atoms with Crippen LogP contribution >= 0.6 is 56.7 Å². The lowest BCUT2D eigenvalue weighted by molar-refractivity contribution is -0.270. The number of thiazole rings is 5. The molecule has 0 aliphatic carbocycles. The summed E-state index contributed by atoms with van der Waals surface area (Å²) in [5.74, 6) is -8.14. The van der Waals surface area contributed by atoms with Crippen LogP contribution in [0.2, 0.25) is 0 Å². The van der Waals surface area contributed by atoms with Gasteiger partial charge in [-0.1, -0.05) is 18.7 Å². The molecule has 10 N–H and O–H groups in total. The third-order valence-electron chi connectivity index (χ3n) is 19.4. The standard InChI is InChI=1S/C68H71N15O19S5/c1-27(53(69)86)70-54(87)36-24-106-62(75-36)47-41(85)17-32-46(77-47)35-22-104-60(72-35)34-21-99-64(92)49-33-20-97-50(51(65(93)98-19-31-11-10-12-40(43(31)33)83(49)94)101-42-18-68(7)52(30(4)100-42)81(8)66(102-68)67(5,6)82-13-15-96-16-14-82)48(63-76-37(25-107-63)55(88)71-34)80-57(90)39-26-105-61(74-39)45(29(3)95-9)79-58(91)44(28(2)84)78-56(89)38-23-103-59(32)73-38/h10-12,17,22-26,28,30,34,42,44,48,50-52,66,84-85,94H,1,13-16,18-21H2,2-9H3,(H2,69,86)(H,70,87)(H,71,88)(H,78,89)(H,79,91)(H,80,90)/b45-29+. The highest BCUT2D eigenvalue weighted by molar-refractivity contribution is 7.14. The summed E-state index contributed by atoms with van der Waals surface area (Å²) in [6, 6.07) is 0.967. The van der Waals surface area contributed by atoms with Gasteiger partial charge >= 0.3 is 11.9 Å². The molecule has 3 saturated heterocycles. The number of aliphatic hydroxyl groups excluding tert-OH is 1. The number of esters is 2. The third kappa shape index (κ3) is 14.1. The van der Waals surface area contributed by atoms with E-state index >= 15 is 19.2 Å². The number of methoxy groups -OCH3 is 1. The molecular weight excluding hydrogens is 1490 g/mol. The van der Waals surface area contributed by atoms with Crippen LogP contribution in [0.15, 0.2) is 69.2 Å². The van der Waals surface area contributed by atoms with E-state index in [4.69, 9.17) is 58.6 Å². The molecule has 0 saturated carbocycles. The topological polar surface area (TPSA) is 446 Å². The van der Waals surface area contributed by atoms with Gasteiger partial charge in [0.15, 0.2) is 18.1 Å². The third-order valence-corrected chi connectivity index (χ3v) is 23.8. The summed E-state index contributed by atoms with van der Waals surface area (Å²) < 4.78 is 52.3. The van der Waals surface area contributed by atoms with Crippen LogP contribution in [0.5, 0.6) is 5.75 Å². The number of benzene rings is 1. The first-order valence-corrected chi connectivity index (χ1v) is 37.8. The van der Waals surface area contributed by atoms with E-state index in [-0.39, 0.29) is 111 Å². The molecule has 11 unspecified atom stereocenters. The van der Waals surface area contributed by atoms with E-state index in [1.54, 1.807) is 12.1 Å². The fourth-order valence-corrected chi connectivity index (χ4v) is 18.2. The molecule has 0 radical (unpaired) electrons. The molecule has 1 aromatic carbocycles. The lowest BCUT2D eigenvalue weighted by Crippen LogP contribution is -2.61. The molecule has 39 heteroatoms. The zero-order chi connectivity index (χ0) is 75.8. The lowest BCUT2D eigenvalue weighted by Gasteiger charge is -2.46. The number of nitrogens with one attached hydrogen (secondary N) is 5. The molecule has 11 atom stereocenters. The number of hydrogen-bond donors (Lipinski definition) is 9. The SMILES string of the molecule is C=C(NC(=O)c1csc(-c2nc3c(cc2O)-c2nc(cs2)C(=O)NC(C(C)O)C(=O)N/C(=C(\C)OC)c2nc(cs2)C(=O)NC2c4nc(cs4)C(=O)NC(COC(=O)c4c5c6c(cccc6n4O)COC(=O)C(OC4CC6(C)OC(C(C)(C)N7CCOCC7)N(C)C6C(C)O4)C2OC5)c2nc-3cs2)n1)C(N)=O. The number of rotatable bonds is 10. The number of fused-ring (bicyclic) bond motifs is 16. The first-order chi connectivity index (χ1) is 51.1. The first kappa shape index (κ1) is 74.2. The van der Waals surface area contributed by atoms with Gasteiger partial charge in [-0.2, -0.15) is 4.73 Å². The minimum atomic E-state index is -1.88. The van der Waals surface area contributed by atoms with E-state index in [9.17, 15) is 34.6 Å². The van der Waals surface area contributed by atoms with E-state index in [0.717, 1.165) is 56.7 Å². The number of amides is 6. The van der Waals surface area contributed by atoms with Gasteiger partial charge in [0.2, 0.25) is 5.91 Å². The summed E-state index contributed by atoms with van der Waals surface area (Å²) in [5.41, 5.74) is 2.17. The minimum absolute atomic E-state index is 0.00666. The Morgan fingerprint density at radius 2 is 1.52 bits per heavy atom. The molecule has 13 heterocycles. The monoisotopic (exact) mass is 1560 g/mol. The Labute approximate surface area is 628 Å². The number of cyclic esters (lactones) is 2. The minimum Gasteiger partial charge on any atom is -0.506 e. The molecule has 107 heavy (non-hydrogen) atoms. The van der Waals surface area contributed by atoms with Crippen LogP contribution in [-0.2, 0) is 65.5 Å². The second-order valence-corrected chi connectivity index (χ2v) is 31.1. The van der Waals surface area contributed by atoms with E-state index < -0.39 is 151 Å². The Morgan fingerprint density at radius 3 is 2.26 bits per heavy atom. The second-order valence-electron chi connectivity index (χ2n) is 26.7. The molecule has 34 nitrogen and oxygen atoms in total. The summed E-state index contributed by atoms with van der Waals surface area (Å²) in [7, 11) is 3.29. The summed E-state index contributed by atoms with van der Waals surface area (Å²) in [5, 5.41) is 56.0. The first-order valence-electron chi connectivity index (χ1n) is 33.4. The number of likely N-dealkylation sites (N-methyl/N-ethyl adjacent to an activating group) is 1. The van der Waals surface area contributed by atoms with Crippen molar-refractivity contribution >= 4 is 121 Å². The molecule has 7 aromatic heterocycles. The molecule has 14 rings (SSSR count). The van der Waals surface area contributed by atoms with E-state index in [0.29, 0.717) is 36.6 Å². The number of hydrogen-bond acceptors (Lipinski definition) is 32. The molecule has 8 aromatic rings. The summed E-state index contributed by atoms with van der Waals surface area (Å²) in [4.78, 5) is 148. The maximum absolute atomic E-state index is 15.5. The highest BCUT2D eigenvalue weighted by Crippen LogP contribution is 2.48. The average molecular weight is 1560 g/mol. The maximum atomic E-state index is 15.5. The summed E-state index contributed by atoms with van der Waals surface area (Å²) in [6.07, 6.45) is -7.50. The number of aliphatic hydroxyl groups is 1. The molecule has 6 aliphatic rings. The molecule has 562 valence electrons. The van der Waals surface area contributed by atoms with E-state index in [1.807, 2.05) is 20.9 Å². The molecule has 6 amide bonds. The van der Waals surface area contributed by atoms with Crippen LogP contribution in [0.25, 0.3) is 49.3 Å². The fourth-order valence-electron chi connectivity index (χ4n) is 14.0. The number of ether oxygens (including phenoxy) is 8. The number of morpholine rings is 1. The second kappa shape index (κ2) is 29.5. The number of aromatic hydroxyl groups is 1. The molecule has 3 fully saturated rings. The molecule has 12 bridgehead atoms. The zero-order valence-corrected chi connectivity index (χ0v) is 62.4. The number of carbonyl (C=O) groups excluding carboxylic acids is 8. The molecular formula is C68H71N15O19S5. The quantitative estimate of drug-likeness (QED) is 0.0386. The number of carbonyl (C=O) groups is 8. The van der Waals surface area contributed by atoms with Gasteiger partial charge in [0.1, 0.15) is 126 Å². The van der Waals surface area contributed by atoms with Gasteiger partial charge in [-0.15, -0.1) is 56.7 Å². The Kier molecular flexibility index (Phi) is 20.5. The van der Waals surface area contributed by atoms with Crippen molar-refractivity contribution in [3.8, 4) is 38.4 Å². The van der Waals surface area contributed by atoms with Crippen LogP contribution in [0.3, 0.4) is 0 Å². The predicted octanol–water partition coefficient (Wildman–Crippen LogP) is 4.74. The van der Waals surface area contributed by atoms with Gasteiger partial charge in [0, 0.05) is 62.9 Å². The van der Waals surface area contributed by atoms with Gasteiger partial charge in [0.05, 0.1) is 67.5 Å². The predicted molar refractivity (Wildman–Crippen MR) is 383 cm³/mol. The van der Waals surface area contributed by atoms with Gasteiger partial charge in [-0.25, -0.2) is 39.5 Å². The van der Waals surface area contributed by atoms with Crippen LogP contribution in [0, 0.1) is 0 Å². The fraction of sp³-hybridized carbons (Fsp3) is 0.412. The van der Waals surface area contributed by atoms with Crippen LogP contribution in [0.1, 0.15) is 139 Å². The Hall–Kier alpha value is -9.62. The Bertz CT molecular complexity index is 4960. The number of primary amides is 1. The van der Waals surface area contributed by atoms with Crippen molar-refractivity contribution in [2.45, 2.75) is 133 Å². The van der Waals surface area contributed by atoms with Gasteiger partial charge in [0.25, 0.3) is 29.5 Å². The van der Waals surface area contributed by atoms with E-state index in [2.05, 4.69) is 71.8 Å². The van der Waals surface area contributed by atoms with Gasteiger partial charge in [-0.3, -0.25) is 38.6 Å². The summed E-state index contributed by atoms with van der Waals surface area (Å²) >= 11 is 4.53. The Morgan fingerprint density at radius 1 is 0.850 bits per heavy atom. The smallest absolute Gasteiger partial charge is 0.358 e. The van der Waals surface area contributed by atoms with Crippen molar-refractivity contribution in [1.82, 2.24) is 71.0 Å². The number of aromatic nitrogens is 7. The maximum Gasteiger partial charge on any atom is 0.358 e. The lowest BCUT2D eigenvalue weighted by atomic mass is 9.86. The Balaban J connectivity index is 0.915. The van der Waals surface area contributed by atoms with Gasteiger partial charge in [-0.05, 0) is 66.3 Å². The molecule has 6 aliphatic heterocycles. The average Bonchev–Trinajstić information content (AvgIpc) is 1.59. The van der Waals surface area contributed by atoms with Crippen LogP contribution in [-0.4, -0.2) is 214 Å².